The second-order valence-corrected chi connectivity index (χ2v) is 6.87. The molecule has 2 aromatic rings. The number of nitrogens with zero attached hydrogens (tertiary/aromatic N) is 3. The number of nitro benzene ring substituents is 1. The number of para-hydroxylation sites is 1. The number of hydrogen-bond acceptors (Lipinski definition) is 5. The molecule has 3 amide bonds. The molecule has 2 fully saturated rings. The molecule has 1 unspecified atom stereocenters. The fraction of sp³-hybridized carbons (Fsp3) is 0.176. The maximum atomic E-state index is 12.9. The van der Waals surface area contributed by atoms with Crippen molar-refractivity contribution in [2.75, 3.05) is 10.7 Å². The molecule has 0 aliphatic carbocycles. The number of anilines is 1. The van der Waals surface area contributed by atoms with Crippen molar-refractivity contribution in [1.82, 2.24) is 4.90 Å². The van der Waals surface area contributed by atoms with E-state index in [2.05, 4.69) is 0 Å². The van der Waals surface area contributed by atoms with Crippen LogP contribution in [0.2, 0.25) is 0 Å². The van der Waals surface area contributed by atoms with Gasteiger partial charge in [-0.2, -0.15) is 0 Å². The minimum Gasteiger partial charge on any atom is -0.295 e. The molecule has 2 saturated heterocycles. The lowest BCUT2D eigenvalue weighted by atomic mass is 10.1. The molecular formula is C17H13N3O4S. The van der Waals surface area contributed by atoms with Crippen LogP contribution in [0, 0.1) is 10.1 Å². The van der Waals surface area contributed by atoms with Crippen LogP contribution >= 0.6 is 11.8 Å². The van der Waals surface area contributed by atoms with Crippen LogP contribution in [0.4, 0.5) is 16.2 Å². The number of carbonyl (C=O) groups excluding carboxylic acids is 2. The van der Waals surface area contributed by atoms with Gasteiger partial charge in [0.05, 0.1) is 10.6 Å². The summed E-state index contributed by atoms with van der Waals surface area (Å²) in [5.74, 6) is 0.220. The van der Waals surface area contributed by atoms with Gasteiger partial charge in [0, 0.05) is 17.9 Å². The van der Waals surface area contributed by atoms with Gasteiger partial charge in [-0.15, -0.1) is 11.8 Å². The molecule has 25 heavy (non-hydrogen) atoms. The van der Waals surface area contributed by atoms with Crippen molar-refractivity contribution >= 4 is 35.1 Å². The number of carbonyl (C=O) groups is 2. The normalized spacial score (nSPS) is 22.4. The standard InChI is InChI=1S/C17H13N3O4S/c21-15-14-10-25-16(11-5-4-8-13(9-11)20(23)24)19(14)17(22)18(15)12-6-2-1-3-7-12/h1-9,14,16H,10H2/t14-,16?/m1/s1. The van der Waals surface area contributed by atoms with Gasteiger partial charge in [-0.3, -0.25) is 19.8 Å². The Kier molecular flexibility index (Phi) is 3.69. The number of thioether (sulfide) groups is 1. The highest BCUT2D eigenvalue weighted by Gasteiger charge is 2.53. The number of fused-ring (bicyclic) bond motifs is 1. The number of nitro groups is 1. The molecule has 0 radical (unpaired) electrons. The number of imide groups is 1. The number of hydrogen-bond donors (Lipinski definition) is 0. The molecule has 0 spiro atoms. The summed E-state index contributed by atoms with van der Waals surface area (Å²) < 4.78 is 0. The van der Waals surface area contributed by atoms with Crippen LogP contribution in [0.3, 0.4) is 0 Å². The van der Waals surface area contributed by atoms with E-state index < -0.39 is 16.3 Å². The Labute approximate surface area is 147 Å². The lowest BCUT2D eigenvalue weighted by Crippen LogP contribution is -2.33. The molecule has 2 aromatic carbocycles. The molecule has 7 nitrogen and oxygen atoms in total. The molecule has 126 valence electrons. The van der Waals surface area contributed by atoms with E-state index in [1.54, 1.807) is 36.4 Å². The van der Waals surface area contributed by atoms with Crippen molar-refractivity contribution in [1.29, 1.82) is 0 Å². The Balaban J connectivity index is 1.69. The summed E-state index contributed by atoms with van der Waals surface area (Å²) in [6, 6.07) is 14.1. The van der Waals surface area contributed by atoms with Crippen LogP contribution in [0.25, 0.3) is 0 Å². The summed E-state index contributed by atoms with van der Waals surface area (Å²) >= 11 is 1.45. The number of urea groups is 1. The minimum atomic E-state index is -0.540. The first-order valence-corrected chi connectivity index (χ1v) is 8.70. The Morgan fingerprint density at radius 2 is 1.84 bits per heavy atom. The lowest BCUT2D eigenvalue weighted by molar-refractivity contribution is -0.384. The number of rotatable bonds is 3. The molecule has 2 aliphatic heterocycles. The summed E-state index contributed by atoms with van der Waals surface area (Å²) in [4.78, 5) is 38.8. The van der Waals surface area contributed by atoms with Crippen LogP contribution in [-0.4, -0.2) is 33.6 Å². The summed E-state index contributed by atoms with van der Waals surface area (Å²) in [7, 11) is 0. The van der Waals surface area contributed by atoms with Crippen LogP contribution in [0.5, 0.6) is 0 Å². The van der Waals surface area contributed by atoms with Crippen molar-refractivity contribution < 1.29 is 14.5 Å². The molecule has 2 aliphatic rings. The topological polar surface area (TPSA) is 83.8 Å². The van der Waals surface area contributed by atoms with E-state index in [1.807, 2.05) is 6.07 Å². The van der Waals surface area contributed by atoms with E-state index >= 15 is 0 Å². The SMILES string of the molecule is O=C1[C@H]2CSC(c3cccc([N+](=O)[O-])c3)N2C(=O)N1c1ccccc1. The maximum Gasteiger partial charge on any atom is 0.333 e. The Bertz CT molecular complexity index is 873. The predicted molar refractivity (Wildman–Crippen MR) is 93.2 cm³/mol. The third-order valence-electron chi connectivity index (χ3n) is 4.30. The first kappa shape index (κ1) is 15.6. The Morgan fingerprint density at radius 3 is 2.56 bits per heavy atom. The van der Waals surface area contributed by atoms with Gasteiger partial charge in [0.15, 0.2) is 0 Å². The van der Waals surface area contributed by atoms with Crippen molar-refractivity contribution in [2.24, 2.45) is 0 Å². The van der Waals surface area contributed by atoms with Gasteiger partial charge >= 0.3 is 6.03 Å². The molecule has 0 aromatic heterocycles. The highest BCUT2D eigenvalue weighted by Crippen LogP contribution is 2.46. The van der Waals surface area contributed by atoms with Crippen LogP contribution in [-0.2, 0) is 4.79 Å². The third-order valence-corrected chi connectivity index (χ3v) is 5.62. The fourth-order valence-electron chi connectivity index (χ4n) is 3.15. The second-order valence-electron chi connectivity index (χ2n) is 5.75. The molecular weight excluding hydrogens is 342 g/mol. The van der Waals surface area contributed by atoms with Gasteiger partial charge in [-0.25, -0.2) is 9.69 Å². The highest BCUT2D eigenvalue weighted by atomic mass is 32.2. The van der Waals surface area contributed by atoms with E-state index in [0.717, 1.165) is 0 Å². The fourth-order valence-corrected chi connectivity index (χ4v) is 4.56. The molecule has 4 rings (SSSR count). The van der Waals surface area contributed by atoms with Crippen LogP contribution < -0.4 is 4.90 Å². The van der Waals surface area contributed by atoms with Crippen molar-refractivity contribution in [3.05, 3.63) is 70.3 Å². The first-order chi connectivity index (χ1) is 12.1. The zero-order valence-corrected chi connectivity index (χ0v) is 13.8. The zero-order valence-electron chi connectivity index (χ0n) is 12.9. The maximum absolute atomic E-state index is 12.9. The summed E-state index contributed by atoms with van der Waals surface area (Å²) in [5.41, 5.74) is 1.16. The summed E-state index contributed by atoms with van der Waals surface area (Å²) in [6.07, 6.45) is 0. The van der Waals surface area contributed by atoms with E-state index in [1.165, 1.54) is 33.7 Å². The van der Waals surface area contributed by atoms with E-state index in [9.17, 15) is 19.7 Å². The van der Waals surface area contributed by atoms with Gasteiger partial charge in [-0.05, 0) is 17.7 Å². The zero-order chi connectivity index (χ0) is 17.6. The predicted octanol–water partition coefficient (Wildman–Crippen LogP) is 3.18. The minimum absolute atomic E-state index is 0.0283. The second kappa shape index (κ2) is 5.89. The monoisotopic (exact) mass is 355 g/mol. The van der Waals surface area contributed by atoms with Crippen LogP contribution in [0.15, 0.2) is 54.6 Å². The largest absolute Gasteiger partial charge is 0.333 e. The summed E-state index contributed by atoms with van der Waals surface area (Å²) in [6.45, 7) is 0. The molecule has 2 heterocycles. The highest BCUT2D eigenvalue weighted by molar-refractivity contribution is 7.99. The van der Waals surface area contributed by atoms with E-state index in [4.69, 9.17) is 0 Å². The molecule has 0 saturated carbocycles. The van der Waals surface area contributed by atoms with Gasteiger partial charge in [-0.1, -0.05) is 30.3 Å². The average molecular weight is 355 g/mol. The molecule has 2 atom stereocenters. The van der Waals surface area contributed by atoms with Gasteiger partial charge in [0.25, 0.3) is 11.6 Å². The van der Waals surface area contributed by atoms with E-state index in [-0.39, 0.29) is 17.6 Å². The Morgan fingerprint density at radius 1 is 1.08 bits per heavy atom. The molecule has 0 bridgehead atoms. The average Bonchev–Trinajstić information content (AvgIpc) is 3.16. The number of non-ortho nitro benzene ring substituents is 1. The molecule has 0 N–H and O–H groups in total. The number of amides is 3. The van der Waals surface area contributed by atoms with E-state index in [0.29, 0.717) is 17.0 Å². The Hall–Kier alpha value is -2.87. The number of benzene rings is 2. The van der Waals surface area contributed by atoms with Crippen molar-refractivity contribution in [3.8, 4) is 0 Å². The first-order valence-electron chi connectivity index (χ1n) is 7.65. The van der Waals surface area contributed by atoms with Gasteiger partial charge in [0.1, 0.15) is 11.4 Å². The van der Waals surface area contributed by atoms with Gasteiger partial charge < -0.3 is 0 Å². The lowest BCUT2D eigenvalue weighted by Gasteiger charge is -2.22. The summed E-state index contributed by atoms with van der Waals surface area (Å²) in [5, 5.41) is 10.6. The van der Waals surface area contributed by atoms with Gasteiger partial charge in [0.2, 0.25) is 0 Å². The quantitative estimate of drug-likeness (QED) is 0.480. The third kappa shape index (κ3) is 2.45. The van der Waals surface area contributed by atoms with Crippen molar-refractivity contribution in [3.63, 3.8) is 0 Å². The molecule has 8 heteroatoms. The van der Waals surface area contributed by atoms with Crippen molar-refractivity contribution in [2.45, 2.75) is 11.4 Å². The van der Waals surface area contributed by atoms with Crippen LogP contribution in [0.1, 0.15) is 10.9 Å². The smallest absolute Gasteiger partial charge is 0.295 e.